The van der Waals surface area contributed by atoms with Gasteiger partial charge in [-0.15, -0.1) is 0 Å². The average Bonchev–Trinajstić information content (AvgIpc) is 3.23. The number of thiophene rings is 1. The second kappa shape index (κ2) is 7.14. The number of piperidine rings is 1. The van der Waals surface area contributed by atoms with Crippen LogP contribution < -0.4 is 10.6 Å². The summed E-state index contributed by atoms with van der Waals surface area (Å²) in [4.78, 5) is 12.2. The quantitative estimate of drug-likeness (QED) is 0.835. The van der Waals surface area contributed by atoms with Gasteiger partial charge in [-0.1, -0.05) is 6.07 Å². The molecule has 1 aromatic carbocycles. The van der Waals surface area contributed by atoms with E-state index in [1.165, 1.54) is 30.2 Å². The van der Waals surface area contributed by atoms with Crippen LogP contribution in [0.1, 0.15) is 25.7 Å². The van der Waals surface area contributed by atoms with Crippen LogP contribution in [0.4, 0.5) is 14.9 Å². The highest BCUT2D eigenvalue weighted by Gasteiger charge is 2.33. The third-order valence-electron chi connectivity index (χ3n) is 5.08. The van der Waals surface area contributed by atoms with Gasteiger partial charge in [0.1, 0.15) is 5.82 Å². The fourth-order valence-corrected chi connectivity index (χ4v) is 4.63. The van der Waals surface area contributed by atoms with Gasteiger partial charge in [0.25, 0.3) is 0 Å². The van der Waals surface area contributed by atoms with Crippen molar-refractivity contribution in [1.82, 2.24) is 5.32 Å². The van der Waals surface area contributed by atoms with E-state index in [1.807, 2.05) is 16.8 Å². The smallest absolute Gasteiger partial charge is 0.411 e. The SMILES string of the molecule is O=C(Nc1cccc(F)c1-c1ccsc1)OCC1CC2CCC(C1)N2. The Balaban J connectivity index is 1.39. The van der Waals surface area contributed by atoms with Crippen LogP contribution in [0, 0.1) is 11.7 Å². The van der Waals surface area contributed by atoms with Crippen LogP contribution in [-0.4, -0.2) is 24.8 Å². The van der Waals surface area contributed by atoms with E-state index in [9.17, 15) is 9.18 Å². The van der Waals surface area contributed by atoms with Crippen molar-refractivity contribution in [1.29, 1.82) is 0 Å². The number of carbonyl (C=O) groups is 1. The number of amides is 1. The Labute approximate surface area is 150 Å². The van der Waals surface area contributed by atoms with E-state index >= 15 is 0 Å². The molecular weight excluding hydrogens is 339 g/mol. The maximum absolute atomic E-state index is 14.2. The molecule has 4 nitrogen and oxygen atoms in total. The zero-order valence-corrected chi connectivity index (χ0v) is 14.7. The molecule has 2 bridgehead atoms. The Bertz CT molecular complexity index is 738. The molecule has 1 amide bonds. The van der Waals surface area contributed by atoms with Crippen LogP contribution in [-0.2, 0) is 4.74 Å². The lowest BCUT2D eigenvalue weighted by Crippen LogP contribution is -2.39. The lowest BCUT2D eigenvalue weighted by Gasteiger charge is -2.28. The van der Waals surface area contributed by atoms with Crippen molar-refractivity contribution in [3.63, 3.8) is 0 Å². The molecule has 3 heterocycles. The maximum Gasteiger partial charge on any atom is 0.411 e. The number of ether oxygens (including phenoxy) is 1. The number of rotatable bonds is 4. The summed E-state index contributed by atoms with van der Waals surface area (Å²) in [7, 11) is 0. The summed E-state index contributed by atoms with van der Waals surface area (Å²) in [6.45, 7) is 0.420. The van der Waals surface area contributed by atoms with E-state index in [4.69, 9.17) is 4.74 Å². The fraction of sp³-hybridized carbons (Fsp3) is 0.421. The summed E-state index contributed by atoms with van der Waals surface area (Å²) in [6, 6.07) is 7.67. The molecule has 6 heteroatoms. The summed E-state index contributed by atoms with van der Waals surface area (Å²) in [6.07, 6.45) is 4.04. The van der Waals surface area contributed by atoms with Crippen molar-refractivity contribution in [3.05, 3.63) is 40.8 Å². The molecule has 4 rings (SSSR count). The van der Waals surface area contributed by atoms with Crippen molar-refractivity contribution < 1.29 is 13.9 Å². The standard InChI is InChI=1S/C19H21FN2O2S/c20-16-2-1-3-17(18(16)13-6-7-25-11-13)22-19(23)24-10-12-8-14-4-5-15(9-12)21-14/h1-3,6-7,11-12,14-15,21H,4-5,8-10H2,(H,22,23). The number of benzene rings is 1. The van der Waals surface area contributed by atoms with Gasteiger partial charge >= 0.3 is 6.09 Å². The number of hydrogen-bond donors (Lipinski definition) is 2. The van der Waals surface area contributed by atoms with E-state index in [-0.39, 0.29) is 5.82 Å². The summed E-state index contributed by atoms with van der Waals surface area (Å²) >= 11 is 1.49. The predicted octanol–water partition coefficient (Wildman–Crippen LogP) is 4.63. The molecular formula is C19H21FN2O2S. The third kappa shape index (κ3) is 3.70. The molecule has 2 saturated heterocycles. The van der Waals surface area contributed by atoms with E-state index in [2.05, 4.69) is 10.6 Å². The molecule has 0 saturated carbocycles. The molecule has 2 atom stereocenters. The Kier molecular flexibility index (Phi) is 4.72. The van der Waals surface area contributed by atoms with Gasteiger partial charge in [0.2, 0.25) is 0 Å². The lowest BCUT2D eigenvalue weighted by atomic mass is 9.93. The first kappa shape index (κ1) is 16.5. The minimum Gasteiger partial charge on any atom is -0.449 e. The van der Waals surface area contributed by atoms with E-state index in [1.54, 1.807) is 12.1 Å². The topological polar surface area (TPSA) is 50.4 Å². The number of anilines is 1. The molecule has 0 spiro atoms. The van der Waals surface area contributed by atoms with Crippen LogP contribution in [0.5, 0.6) is 0 Å². The summed E-state index contributed by atoms with van der Waals surface area (Å²) in [5.41, 5.74) is 1.60. The number of nitrogens with one attached hydrogen (secondary N) is 2. The molecule has 132 valence electrons. The van der Waals surface area contributed by atoms with Crippen molar-refractivity contribution in [2.24, 2.45) is 5.92 Å². The van der Waals surface area contributed by atoms with Crippen LogP contribution >= 0.6 is 11.3 Å². The first-order valence-corrected chi connectivity index (χ1v) is 9.64. The Morgan fingerprint density at radius 1 is 1.28 bits per heavy atom. The Morgan fingerprint density at radius 2 is 2.08 bits per heavy atom. The van der Waals surface area contributed by atoms with Crippen molar-refractivity contribution in [2.45, 2.75) is 37.8 Å². The number of carbonyl (C=O) groups excluding carboxylic acids is 1. The Hall–Kier alpha value is -1.92. The van der Waals surface area contributed by atoms with Gasteiger partial charge in [0.05, 0.1) is 12.3 Å². The number of fused-ring (bicyclic) bond motifs is 2. The van der Waals surface area contributed by atoms with Gasteiger partial charge < -0.3 is 10.1 Å². The molecule has 2 aromatic rings. The molecule has 0 radical (unpaired) electrons. The monoisotopic (exact) mass is 360 g/mol. The highest BCUT2D eigenvalue weighted by molar-refractivity contribution is 7.08. The summed E-state index contributed by atoms with van der Waals surface area (Å²) < 4.78 is 19.7. The van der Waals surface area contributed by atoms with Gasteiger partial charge in [-0.2, -0.15) is 11.3 Å². The van der Waals surface area contributed by atoms with Gasteiger partial charge in [-0.05, 0) is 66.1 Å². The molecule has 2 aliphatic heterocycles. The normalized spacial score (nSPS) is 24.9. The van der Waals surface area contributed by atoms with Crippen LogP contribution in [0.15, 0.2) is 35.0 Å². The highest BCUT2D eigenvalue weighted by Crippen LogP contribution is 2.33. The lowest BCUT2D eigenvalue weighted by molar-refractivity contribution is 0.122. The zero-order valence-electron chi connectivity index (χ0n) is 13.8. The van der Waals surface area contributed by atoms with Gasteiger partial charge in [-0.25, -0.2) is 9.18 Å². The van der Waals surface area contributed by atoms with Gasteiger partial charge in [-0.3, -0.25) is 5.32 Å². The first-order chi connectivity index (χ1) is 12.2. The predicted molar refractivity (Wildman–Crippen MR) is 97.4 cm³/mol. The van der Waals surface area contributed by atoms with Crippen LogP contribution in [0.3, 0.4) is 0 Å². The molecule has 2 N–H and O–H groups in total. The van der Waals surface area contributed by atoms with Crippen LogP contribution in [0.2, 0.25) is 0 Å². The molecule has 2 unspecified atom stereocenters. The minimum absolute atomic E-state index is 0.355. The molecule has 1 aromatic heterocycles. The van der Waals surface area contributed by atoms with E-state index in [0.29, 0.717) is 35.9 Å². The summed E-state index contributed by atoms with van der Waals surface area (Å²) in [5, 5.41) is 10.0. The average molecular weight is 360 g/mol. The second-order valence-corrected chi connectivity index (χ2v) is 7.65. The number of halogens is 1. The molecule has 2 fully saturated rings. The van der Waals surface area contributed by atoms with Gasteiger partial charge in [0.15, 0.2) is 0 Å². The van der Waals surface area contributed by atoms with Crippen molar-refractivity contribution >= 4 is 23.1 Å². The minimum atomic E-state index is -0.520. The summed E-state index contributed by atoms with van der Waals surface area (Å²) in [5.74, 6) is 0.0551. The molecule has 2 aliphatic rings. The van der Waals surface area contributed by atoms with Crippen LogP contribution in [0.25, 0.3) is 11.1 Å². The second-order valence-electron chi connectivity index (χ2n) is 6.87. The molecule has 0 aliphatic carbocycles. The molecule has 25 heavy (non-hydrogen) atoms. The number of hydrogen-bond acceptors (Lipinski definition) is 4. The Morgan fingerprint density at radius 3 is 2.80 bits per heavy atom. The maximum atomic E-state index is 14.2. The first-order valence-electron chi connectivity index (χ1n) is 8.70. The highest BCUT2D eigenvalue weighted by atomic mass is 32.1. The van der Waals surface area contributed by atoms with E-state index in [0.717, 1.165) is 18.4 Å². The zero-order chi connectivity index (χ0) is 17.2. The van der Waals surface area contributed by atoms with Gasteiger partial charge in [0, 0.05) is 17.6 Å². The largest absolute Gasteiger partial charge is 0.449 e. The van der Waals surface area contributed by atoms with Crippen molar-refractivity contribution in [3.8, 4) is 11.1 Å². The third-order valence-corrected chi connectivity index (χ3v) is 5.76. The fourth-order valence-electron chi connectivity index (χ4n) is 3.98. The van der Waals surface area contributed by atoms with Crippen molar-refractivity contribution in [2.75, 3.05) is 11.9 Å². The van der Waals surface area contributed by atoms with E-state index < -0.39 is 6.09 Å².